The molecular weight excluding hydrogens is 502 g/mol. The normalized spacial score (nSPS) is 11.3. The number of carbonyl (C=O) groups is 2. The van der Waals surface area contributed by atoms with Crippen LogP contribution in [0.25, 0.3) is 0 Å². The highest BCUT2D eigenvalue weighted by atomic mass is 16.5. The first kappa shape index (κ1) is 28.8. The van der Waals surface area contributed by atoms with Gasteiger partial charge >= 0.3 is 0 Å². The lowest BCUT2D eigenvalue weighted by Gasteiger charge is -2.20. The molecule has 0 aliphatic rings. The second-order valence-corrected chi connectivity index (χ2v) is 9.08. The van der Waals surface area contributed by atoms with E-state index in [2.05, 4.69) is 15.8 Å². The van der Waals surface area contributed by atoms with E-state index in [-0.39, 0.29) is 37.6 Å². The van der Waals surface area contributed by atoms with Gasteiger partial charge in [-0.25, -0.2) is 0 Å². The average molecular weight is 536 g/mol. The summed E-state index contributed by atoms with van der Waals surface area (Å²) in [5.74, 6) is -0.351. The van der Waals surface area contributed by atoms with Crippen molar-refractivity contribution >= 4 is 29.0 Å². The standard InChI is InChI=1S/C28H33N5O6/c1-16(2)39-24-12-18(14-34)11-20(26(24)38-15-25(29)35)13-31-23-9-4-17(3)10-22(23)28(36)32-21-7-5-19(6-8-21)27(30)33-37/h4-12,16,31,34,37H,13-15H2,1-3H3,(H2,29,35)(H2,30,33)(H,32,36). The maximum atomic E-state index is 13.2. The number of aliphatic hydroxyl groups is 1. The number of nitrogens with zero attached hydrogens (tertiary/aromatic N) is 1. The molecule has 0 radical (unpaired) electrons. The Morgan fingerprint density at radius 2 is 1.77 bits per heavy atom. The third-order valence-corrected chi connectivity index (χ3v) is 5.53. The van der Waals surface area contributed by atoms with Gasteiger partial charge in [0.2, 0.25) is 0 Å². The number of aryl methyl sites for hydroxylation is 1. The number of amides is 2. The molecule has 3 rings (SSSR count). The third kappa shape index (κ3) is 7.86. The topological polar surface area (TPSA) is 182 Å². The molecule has 8 N–H and O–H groups in total. The van der Waals surface area contributed by atoms with Crippen LogP contribution in [0.15, 0.2) is 59.8 Å². The molecular formula is C28H33N5O6. The van der Waals surface area contributed by atoms with E-state index in [1.165, 1.54) is 0 Å². The highest BCUT2D eigenvalue weighted by Crippen LogP contribution is 2.35. The number of benzene rings is 3. The molecule has 0 atom stereocenters. The number of ether oxygens (including phenoxy) is 2. The fraction of sp³-hybridized carbons (Fsp3) is 0.250. The van der Waals surface area contributed by atoms with Crippen molar-refractivity contribution in [1.29, 1.82) is 0 Å². The molecule has 206 valence electrons. The SMILES string of the molecule is Cc1ccc(NCc2cc(CO)cc(OC(C)C)c2OCC(N)=O)c(C(=O)Nc2ccc(/C(N)=N/O)cc2)c1. The average Bonchev–Trinajstić information content (AvgIpc) is 2.90. The van der Waals surface area contributed by atoms with Crippen LogP contribution in [0.1, 0.15) is 46.5 Å². The Bertz CT molecular complexity index is 1360. The zero-order valence-electron chi connectivity index (χ0n) is 22.0. The first-order chi connectivity index (χ1) is 18.6. The van der Waals surface area contributed by atoms with Crippen molar-refractivity contribution in [3.8, 4) is 11.5 Å². The van der Waals surface area contributed by atoms with Crippen molar-refractivity contribution in [3.05, 3.63) is 82.4 Å². The van der Waals surface area contributed by atoms with E-state index in [4.69, 9.17) is 26.1 Å². The van der Waals surface area contributed by atoms with Crippen LogP contribution >= 0.6 is 0 Å². The van der Waals surface area contributed by atoms with Crippen LogP contribution in [0, 0.1) is 6.92 Å². The number of anilines is 2. The van der Waals surface area contributed by atoms with Crippen LogP contribution < -0.4 is 31.6 Å². The van der Waals surface area contributed by atoms with Crippen LogP contribution in [-0.4, -0.2) is 40.7 Å². The predicted octanol–water partition coefficient (Wildman–Crippen LogP) is 3.10. The Kier molecular flexibility index (Phi) is 9.71. The maximum absolute atomic E-state index is 13.2. The third-order valence-electron chi connectivity index (χ3n) is 5.53. The van der Waals surface area contributed by atoms with Crippen molar-refractivity contribution in [1.82, 2.24) is 0 Å². The number of nitrogens with one attached hydrogen (secondary N) is 2. The number of primary amides is 1. The molecule has 0 bridgehead atoms. The molecule has 39 heavy (non-hydrogen) atoms. The number of oxime groups is 1. The van der Waals surface area contributed by atoms with Gasteiger partial charge in [-0.15, -0.1) is 0 Å². The molecule has 0 fully saturated rings. The smallest absolute Gasteiger partial charge is 0.257 e. The maximum Gasteiger partial charge on any atom is 0.257 e. The Morgan fingerprint density at radius 3 is 2.38 bits per heavy atom. The molecule has 11 heteroatoms. The summed E-state index contributed by atoms with van der Waals surface area (Å²) in [6.45, 7) is 5.18. The van der Waals surface area contributed by atoms with E-state index in [0.29, 0.717) is 45.1 Å². The zero-order chi connectivity index (χ0) is 28.5. The Hall–Kier alpha value is -4.77. The molecule has 0 saturated carbocycles. The minimum absolute atomic E-state index is 0.0376. The summed E-state index contributed by atoms with van der Waals surface area (Å²) >= 11 is 0. The Balaban J connectivity index is 1.89. The van der Waals surface area contributed by atoms with E-state index in [1.54, 1.807) is 48.5 Å². The molecule has 3 aromatic rings. The number of rotatable bonds is 12. The lowest BCUT2D eigenvalue weighted by molar-refractivity contribution is -0.120. The predicted molar refractivity (Wildman–Crippen MR) is 148 cm³/mol. The summed E-state index contributed by atoms with van der Waals surface area (Å²) in [7, 11) is 0. The molecule has 3 aromatic carbocycles. The fourth-order valence-electron chi connectivity index (χ4n) is 3.77. The van der Waals surface area contributed by atoms with Crippen molar-refractivity contribution in [2.45, 2.75) is 40.0 Å². The van der Waals surface area contributed by atoms with Crippen molar-refractivity contribution in [2.75, 3.05) is 17.2 Å². The van der Waals surface area contributed by atoms with Gasteiger partial charge in [0.05, 0.1) is 18.3 Å². The van der Waals surface area contributed by atoms with Gasteiger partial charge in [-0.1, -0.05) is 16.8 Å². The second kappa shape index (κ2) is 13.2. The van der Waals surface area contributed by atoms with Gasteiger partial charge in [-0.3, -0.25) is 9.59 Å². The van der Waals surface area contributed by atoms with E-state index in [0.717, 1.165) is 5.56 Å². The van der Waals surface area contributed by atoms with Crippen LogP contribution in [0.5, 0.6) is 11.5 Å². The molecule has 11 nitrogen and oxygen atoms in total. The second-order valence-electron chi connectivity index (χ2n) is 9.08. The molecule has 0 heterocycles. The summed E-state index contributed by atoms with van der Waals surface area (Å²) in [6, 6.07) is 15.3. The van der Waals surface area contributed by atoms with Gasteiger partial charge in [0.15, 0.2) is 23.9 Å². The molecule has 2 amide bonds. The molecule has 0 saturated heterocycles. The largest absolute Gasteiger partial charge is 0.487 e. The fourth-order valence-corrected chi connectivity index (χ4v) is 3.77. The lowest BCUT2D eigenvalue weighted by Crippen LogP contribution is -2.21. The molecule has 0 aliphatic carbocycles. The zero-order valence-corrected chi connectivity index (χ0v) is 22.0. The molecule has 0 spiro atoms. The lowest BCUT2D eigenvalue weighted by atomic mass is 10.1. The molecule has 0 aromatic heterocycles. The van der Waals surface area contributed by atoms with Crippen LogP contribution in [0.2, 0.25) is 0 Å². The summed E-state index contributed by atoms with van der Waals surface area (Å²) in [6.07, 6.45) is -0.190. The molecule has 0 aliphatic heterocycles. The summed E-state index contributed by atoms with van der Waals surface area (Å²) in [5.41, 5.74) is 14.9. The number of aliphatic hydroxyl groups excluding tert-OH is 1. The molecule has 0 unspecified atom stereocenters. The monoisotopic (exact) mass is 535 g/mol. The quantitative estimate of drug-likeness (QED) is 0.0885. The Morgan fingerprint density at radius 1 is 1.05 bits per heavy atom. The van der Waals surface area contributed by atoms with E-state index in [9.17, 15) is 14.7 Å². The Labute approximate surface area is 226 Å². The highest BCUT2D eigenvalue weighted by Gasteiger charge is 2.18. The van der Waals surface area contributed by atoms with E-state index in [1.807, 2.05) is 26.8 Å². The van der Waals surface area contributed by atoms with Gasteiger partial charge < -0.3 is 41.9 Å². The number of amidine groups is 1. The van der Waals surface area contributed by atoms with Crippen molar-refractivity contribution in [3.63, 3.8) is 0 Å². The van der Waals surface area contributed by atoms with Crippen molar-refractivity contribution < 1.29 is 29.4 Å². The highest BCUT2D eigenvalue weighted by molar-refractivity contribution is 6.08. The number of carbonyl (C=O) groups excluding carboxylic acids is 2. The number of hydrogen-bond donors (Lipinski definition) is 6. The summed E-state index contributed by atoms with van der Waals surface area (Å²) < 4.78 is 11.6. The van der Waals surface area contributed by atoms with Crippen molar-refractivity contribution in [2.24, 2.45) is 16.6 Å². The van der Waals surface area contributed by atoms with Gasteiger partial charge in [-0.05, 0) is 74.9 Å². The summed E-state index contributed by atoms with van der Waals surface area (Å²) in [4.78, 5) is 24.6. The van der Waals surface area contributed by atoms with Gasteiger partial charge in [0, 0.05) is 29.0 Å². The van der Waals surface area contributed by atoms with E-state index >= 15 is 0 Å². The van der Waals surface area contributed by atoms with Gasteiger partial charge in [0.1, 0.15) is 0 Å². The first-order valence-corrected chi connectivity index (χ1v) is 12.2. The van der Waals surface area contributed by atoms with Gasteiger partial charge in [0.25, 0.3) is 11.8 Å². The first-order valence-electron chi connectivity index (χ1n) is 12.2. The van der Waals surface area contributed by atoms with E-state index < -0.39 is 5.91 Å². The van der Waals surface area contributed by atoms with Crippen LogP contribution in [-0.2, 0) is 17.9 Å². The van der Waals surface area contributed by atoms with Gasteiger partial charge in [-0.2, -0.15) is 0 Å². The van der Waals surface area contributed by atoms with Crippen LogP contribution in [0.4, 0.5) is 11.4 Å². The minimum atomic E-state index is -0.646. The summed E-state index contributed by atoms with van der Waals surface area (Å²) in [5, 5.41) is 27.7. The number of hydrogen-bond acceptors (Lipinski definition) is 8. The van der Waals surface area contributed by atoms with Crippen LogP contribution in [0.3, 0.4) is 0 Å². The minimum Gasteiger partial charge on any atom is -0.487 e. The number of nitrogens with two attached hydrogens (primary N) is 2.